The van der Waals surface area contributed by atoms with E-state index in [9.17, 15) is 17.6 Å². The fraction of sp³-hybridized carbons (Fsp3) is 0.500. The van der Waals surface area contributed by atoms with Gasteiger partial charge in [-0.2, -0.15) is 0 Å². The van der Waals surface area contributed by atoms with E-state index in [1.165, 1.54) is 22.5 Å². The second-order valence-corrected chi connectivity index (χ2v) is 7.06. The largest absolute Gasteiger partial charge is 0.493 e. The number of hydrogen-bond donors (Lipinski definition) is 1. The summed E-state index contributed by atoms with van der Waals surface area (Å²) >= 11 is 0. The van der Waals surface area contributed by atoms with E-state index >= 15 is 0 Å². The number of carbonyl (C=O) groups excluding carboxylic acids is 1. The summed E-state index contributed by atoms with van der Waals surface area (Å²) < 4.78 is 42.7. The van der Waals surface area contributed by atoms with Crippen molar-refractivity contribution in [2.45, 2.75) is 12.8 Å². The van der Waals surface area contributed by atoms with Crippen molar-refractivity contribution in [3.05, 3.63) is 30.1 Å². The summed E-state index contributed by atoms with van der Waals surface area (Å²) in [5, 5.41) is 2.65. The topological polar surface area (TPSA) is 75.7 Å². The van der Waals surface area contributed by atoms with Gasteiger partial charge < -0.3 is 10.1 Å². The molecule has 0 aromatic heterocycles. The molecule has 0 saturated carbocycles. The zero-order valence-corrected chi connectivity index (χ0v) is 12.9. The first kappa shape index (κ1) is 16.7. The molecule has 1 amide bonds. The molecular formula is C14H19FN2O4S. The molecule has 8 heteroatoms. The fourth-order valence-electron chi connectivity index (χ4n) is 2.17. The van der Waals surface area contributed by atoms with Crippen molar-refractivity contribution < 1.29 is 22.3 Å². The van der Waals surface area contributed by atoms with Crippen molar-refractivity contribution in [3.8, 4) is 5.75 Å². The van der Waals surface area contributed by atoms with Gasteiger partial charge in [0.1, 0.15) is 11.6 Å². The van der Waals surface area contributed by atoms with Gasteiger partial charge in [-0.05, 0) is 18.6 Å². The number of carbonyl (C=O) groups is 1. The van der Waals surface area contributed by atoms with E-state index in [0.29, 0.717) is 25.3 Å². The van der Waals surface area contributed by atoms with E-state index in [4.69, 9.17) is 4.74 Å². The zero-order valence-electron chi connectivity index (χ0n) is 12.1. The number of sulfonamides is 1. The summed E-state index contributed by atoms with van der Waals surface area (Å²) in [5.41, 5.74) is 0. The minimum Gasteiger partial charge on any atom is -0.493 e. The number of ether oxygens (including phenoxy) is 1. The highest BCUT2D eigenvalue weighted by molar-refractivity contribution is 7.89. The molecule has 6 nitrogen and oxygen atoms in total. The number of benzene rings is 1. The lowest BCUT2D eigenvalue weighted by Crippen LogP contribution is -2.36. The quantitative estimate of drug-likeness (QED) is 0.800. The Morgan fingerprint density at radius 3 is 2.91 bits per heavy atom. The summed E-state index contributed by atoms with van der Waals surface area (Å²) in [6, 6.07) is 5.70. The van der Waals surface area contributed by atoms with Crippen LogP contribution in [0.5, 0.6) is 5.75 Å². The van der Waals surface area contributed by atoms with Crippen LogP contribution < -0.4 is 10.1 Å². The van der Waals surface area contributed by atoms with Crippen molar-refractivity contribution in [2.24, 2.45) is 0 Å². The van der Waals surface area contributed by atoms with Gasteiger partial charge in [-0.15, -0.1) is 0 Å². The molecule has 0 radical (unpaired) electrons. The molecule has 1 heterocycles. The van der Waals surface area contributed by atoms with Crippen LogP contribution in [0.3, 0.4) is 0 Å². The van der Waals surface area contributed by atoms with Gasteiger partial charge in [0.25, 0.3) is 0 Å². The monoisotopic (exact) mass is 330 g/mol. The molecule has 0 aliphatic carbocycles. The minimum absolute atomic E-state index is 0.128. The molecule has 0 bridgehead atoms. The summed E-state index contributed by atoms with van der Waals surface area (Å²) in [6.45, 7) is 1.22. The Morgan fingerprint density at radius 1 is 1.41 bits per heavy atom. The Morgan fingerprint density at radius 2 is 2.23 bits per heavy atom. The van der Waals surface area contributed by atoms with Gasteiger partial charge in [-0.25, -0.2) is 17.1 Å². The van der Waals surface area contributed by atoms with E-state index in [0.717, 1.165) is 0 Å². The van der Waals surface area contributed by atoms with Crippen LogP contribution in [0.25, 0.3) is 0 Å². The van der Waals surface area contributed by atoms with E-state index in [1.54, 1.807) is 6.07 Å². The van der Waals surface area contributed by atoms with Crippen molar-refractivity contribution in [1.29, 1.82) is 0 Å². The average Bonchev–Trinajstić information content (AvgIpc) is 2.78. The molecule has 1 aromatic rings. The van der Waals surface area contributed by atoms with Gasteiger partial charge in [-0.1, -0.05) is 6.07 Å². The first-order valence-electron chi connectivity index (χ1n) is 7.10. The van der Waals surface area contributed by atoms with Crippen molar-refractivity contribution in [3.63, 3.8) is 0 Å². The van der Waals surface area contributed by atoms with E-state index in [1.807, 2.05) is 0 Å². The summed E-state index contributed by atoms with van der Waals surface area (Å²) in [6.07, 6.45) is 0.765. The maximum absolute atomic E-state index is 12.9. The van der Waals surface area contributed by atoms with Crippen molar-refractivity contribution in [2.75, 3.05) is 32.0 Å². The van der Waals surface area contributed by atoms with Crippen molar-refractivity contribution in [1.82, 2.24) is 9.62 Å². The van der Waals surface area contributed by atoms with Crippen LogP contribution in [-0.4, -0.2) is 50.6 Å². The summed E-state index contributed by atoms with van der Waals surface area (Å²) in [7, 11) is -3.12. The Hall–Kier alpha value is -1.67. The third kappa shape index (κ3) is 4.96. The molecule has 1 aromatic carbocycles. The molecule has 122 valence electrons. The van der Waals surface area contributed by atoms with Crippen LogP contribution in [0.15, 0.2) is 24.3 Å². The molecule has 0 unspecified atom stereocenters. The third-order valence-electron chi connectivity index (χ3n) is 3.28. The average molecular weight is 330 g/mol. The highest BCUT2D eigenvalue weighted by atomic mass is 32.2. The highest BCUT2D eigenvalue weighted by Crippen LogP contribution is 2.12. The van der Waals surface area contributed by atoms with Crippen LogP contribution >= 0.6 is 0 Å². The SMILES string of the molecule is O=C(CCOc1cccc(F)c1)NCCN1CCCS1(=O)=O. The smallest absolute Gasteiger partial charge is 0.223 e. The molecule has 1 aliphatic heterocycles. The van der Waals surface area contributed by atoms with Crippen LogP contribution in [-0.2, 0) is 14.8 Å². The van der Waals surface area contributed by atoms with Gasteiger partial charge in [0.05, 0.1) is 18.8 Å². The van der Waals surface area contributed by atoms with Crippen molar-refractivity contribution >= 4 is 15.9 Å². The second-order valence-electron chi connectivity index (χ2n) is 4.97. The first-order chi connectivity index (χ1) is 10.5. The van der Waals surface area contributed by atoms with Gasteiger partial charge in [0.2, 0.25) is 15.9 Å². The van der Waals surface area contributed by atoms with Gasteiger partial charge >= 0.3 is 0 Å². The second kappa shape index (κ2) is 7.55. The standard InChI is InChI=1S/C14H19FN2O4S/c15-12-3-1-4-13(11-12)21-9-5-14(18)16-6-8-17-7-2-10-22(17,19)20/h1,3-4,11H,2,5-10H2,(H,16,18). The number of nitrogens with zero attached hydrogens (tertiary/aromatic N) is 1. The molecule has 1 N–H and O–H groups in total. The van der Waals surface area contributed by atoms with E-state index < -0.39 is 15.8 Å². The molecule has 0 atom stereocenters. The summed E-state index contributed by atoms with van der Waals surface area (Å²) in [5.74, 6) is -0.0691. The fourth-order valence-corrected chi connectivity index (χ4v) is 3.70. The van der Waals surface area contributed by atoms with E-state index in [2.05, 4.69) is 5.32 Å². The zero-order chi connectivity index (χ0) is 16.0. The minimum atomic E-state index is -3.12. The maximum atomic E-state index is 12.9. The van der Waals surface area contributed by atoms with Gasteiger partial charge in [0, 0.05) is 25.7 Å². The Balaban J connectivity index is 1.62. The lowest BCUT2D eigenvalue weighted by Gasteiger charge is -2.14. The highest BCUT2D eigenvalue weighted by Gasteiger charge is 2.27. The molecule has 2 rings (SSSR count). The van der Waals surface area contributed by atoms with E-state index in [-0.39, 0.29) is 31.2 Å². The van der Waals surface area contributed by atoms with Crippen LogP contribution in [0.2, 0.25) is 0 Å². The van der Waals surface area contributed by atoms with Crippen LogP contribution in [0, 0.1) is 5.82 Å². The molecule has 1 aliphatic rings. The van der Waals surface area contributed by atoms with Crippen LogP contribution in [0.1, 0.15) is 12.8 Å². The summed E-state index contributed by atoms with van der Waals surface area (Å²) in [4.78, 5) is 11.6. The molecule has 0 spiro atoms. The maximum Gasteiger partial charge on any atom is 0.223 e. The number of amides is 1. The van der Waals surface area contributed by atoms with Gasteiger partial charge in [0.15, 0.2) is 0 Å². The number of nitrogens with one attached hydrogen (secondary N) is 1. The Bertz CT molecular complexity index is 621. The number of hydrogen-bond acceptors (Lipinski definition) is 4. The molecular weight excluding hydrogens is 311 g/mol. The van der Waals surface area contributed by atoms with Crippen LogP contribution in [0.4, 0.5) is 4.39 Å². The normalized spacial score (nSPS) is 17.3. The lowest BCUT2D eigenvalue weighted by atomic mass is 10.3. The Kier molecular flexibility index (Phi) is 5.73. The molecule has 1 fully saturated rings. The predicted molar refractivity (Wildman–Crippen MR) is 79.5 cm³/mol. The lowest BCUT2D eigenvalue weighted by molar-refractivity contribution is -0.121. The first-order valence-corrected chi connectivity index (χ1v) is 8.71. The third-order valence-corrected chi connectivity index (χ3v) is 5.24. The number of rotatable bonds is 7. The molecule has 1 saturated heterocycles. The molecule has 22 heavy (non-hydrogen) atoms. The Labute approximate surface area is 129 Å². The number of halogens is 1. The van der Waals surface area contributed by atoms with Gasteiger partial charge in [-0.3, -0.25) is 4.79 Å². The predicted octanol–water partition coefficient (Wildman–Crippen LogP) is 0.746.